The first-order chi connectivity index (χ1) is 9.54. The van der Waals surface area contributed by atoms with E-state index in [0.717, 1.165) is 19.4 Å². The van der Waals surface area contributed by atoms with Gasteiger partial charge in [0, 0.05) is 31.9 Å². The lowest BCUT2D eigenvalue weighted by Crippen LogP contribution is -2.57. The first kappa shape index (κ1) is 14.6. The molecule has 0 aromatic carbocycles. The van der Waals surface area contributed by atoms with Gasteiger partial charge in [0.05, 0.1) is 6.33 Å². The van der Waals surface area contributed by atoms with Gasteiger partial charge in [0.25, 0.3) is 0 Å². The number of likely N-dealkylation sites (tertiary alicyclic amines) is 1. The number of carboxylic acids is 1. The number of amides is 1. The van der Waals surface area contributed by atoms with Crippen LogP contribution in [0.4, 0.5) is 0 Å². The highest BCUT2D eigenvalue weighted by Crippen LogP contribution is 2.29. The molecule has 1 aliphatic heterocycles. The molecule has 2 heterocycles. The van der Waals surface area contributed by atoms with Crippen LogP contribution in [0.2, 0.25) is 0 Å². The van der Waals surface area contributed by atoms with E-state index >= 15 is 0 Å². The minimum absolute atomic E-state index is 0.0604. The third-order valence-corrected chi connectivity index (χ3v) is 4.02. The third kappa shape index (κ3) is 3.00. The number of aryl methyl sites for hydroxylation is 1. The molecular weight excluding hydrogens is 258 g/mol. The molecule has 110 valence electrons. The Morgan fingerprint density at radius 2 is 2.20 bits per heavy atom. The lowest BCUT2D eigenvalue weighted by Gasteiger charge is -2.41. The average Bonchev–Trinajstić information content (AvgIpc) is 2.92. The van der Waals surface area contributed by atoms with Crippen LogP contribution in [-0.4, -0.2) is 43.5 Å². The van der Waals surface area contributed by atoms with E-state index in [9.17, 15) is 14.7 Å². The largest absolute Gasteiger partial charge is 0.480 e. The van der Waals surface area contributed by atoms with Gasteiger partial charge >= 0.3 is 5.97 Å². The Bertz CT molecular complexity index is 472. The zero-order chi connectivity index (χ0) is 14.6. The first-order valence-corrected chi connectivity index (χ1v) is 7.03. The molecule has 1 saturated heterocycles. The number of aromatic nitrogens is 2. The second-order valence-electron chi connectivity index (χ2n) is 5.49. The summed E-state index contributed by atoms with van der Waals surface area (Å²) in [5, 5.41) is 9.39. The van der Waals surface area contributed by atoms with Crippen molar-refractivity contribution in [1.29, 1.82) is 0 Å². The molecule has 2 rings (SSSR count). The normalized spacial score (nSPS) is 22.8. The van der Waals surface area contributed by atoms with E-state index in [4.69, 9.17) is 0 Å². The smallest absolute Gasteiger partial charge is 0.329 e. The number of imidazole rings is 1. The zero-order valence-corrected chi connectivity index (χ0v) is 11.8. The van der Waals surface area contributed by atoms with E-state index in [1.165, 1.54) is 0 Å². The predicted octanol–water partition coefficient (Wildman–Crippen LogP) is 1.52. The molecule has 0 unspecified atom stereocenters. The Balaban J connectivity index is 1.91. The number of hydrogen-bond donors (Lipinski definition) is 1. The average molecular weight is 279 g/mol. The van der Waals surface area contributed by atoms with E-state index in [2.05, 4.69) is 4.98 Å². The second kappa shape index (κ2) is 6.07. The van der Waals surface area contributed by atoms with E-state index in [0.29, 0.717) is 25.8 Å². The molecule has 0 radical (unpaired) electrons. The van der Waals surface area contributed by atoms with Gasteiger partial charge in [-0.05, 0) is 32.6 Å². The fourth-order valence-corrected chi connectivity index (χ4v) is 2.71. The second-order valence-corrected chi connectivity index (χ2v) is 5.49. The number of carbonyl (C=O) groups excluding carboxylic acids is 1. The Morgan fingerprint density at radius 3 is 2.85 bits per heavy atom. The number of carboxylic acid groups (broad SMARTS) is 1. The summed E-state index contributed by atoms with van der Waals surface area (Å²) < 4.78 is 1.92. The SMILES string of the molecule is C[C@]1(C(=O)O)CCCCN1C(=O)CCCn1ccnc1. The molecule has 0 saturated carbocycles. The van der Waals surface area contributed by atoms with Crippen LogP contribution in [0.5, 0.6) is 0 Å². The third-order valence-electron chi connectivity index (χ3n) is 4.02. The summed E-state index contributed by atoms with van der Waals surface area (Å²) in [6.45, 7) is 2.93. The van der Waals surface area contributed by atoms with E-state index in [1.54, 1.807) is 24.3 Å². The topological polar surface area (TPSA) is 75.4 Å². The van der Waals surface area contributed by atoms with Gasteiger partial charge in [0.2, 0.25) is 5.91 Å². The number of aliphatic carboxylic acids is 1. The van der Waals surface area contributed by atoms with Gasteiger partial charge in [-0.3, -0.25) is 4.79 Å². The van der Waals surface area contributed by atoms with Gasteiger partial charge in [0.1, 0.15) is 5.54 Å². The molecule has 0 spiro atoms. The molecule has 1 fully saturated rings. The molecule has 6 heteroatoms. The quantitative estimate of drug-likeness (QED) is 0.886. The highest BCUT2D eigenvalue weighted by molar-refractivity contribution is 5.87. The molecule has 1 N–H and O–H groups in total. The van der Waals surface area contributed by atoms with Crippen molar-refractivity contribution in [2.75, 3.05) is 6.54 Å². The lowest BCUT2D eigenvalue weighted by atomic mass is 9.88. The molecule has 0 aliphatic carbocycles. The predicted molar refractivity (Wildman–Crippen MR) is 73.1 cm³/mol. The zero-order valence-electron chi connectivity index (χ0n) is 11.8. The van der Waals surface area contributed by atoms with Crippen molar-refractivity contribution < 1.29 is 14.7 Å². The molecule has 1 atom stereocenters. The molecule has 1 aromatic rings. The van der Waals surface area contributed by atoms with Crippen molar-refractivity contribution in [3.8, 4) is 0 Å². The maximum Gasteiger partial charge on any atom is 0.329 e. The minimum Gasteiger partial charge on any atom is -0.480 e. The van der Waals surface area contributed by atoms with Crippen molar-refractivity contribution >= 4 is 11.9 Å². The number of piperidine rings is 1. The highest BCUT2D eigenvalue weighted by Gasteiger charge is 2.43. The van der Waals surface area contributed by atoms with Crippen molar-refractivity contribution in [2.24, 2.45) is 0 Å². The molecule has 1 aliphatic rings. The number of nitrogens with zero attached hydrogens (tertiary/aromatic N) is 3. The summed E-state index contributed by atoms with van der Waals surface area (Å²) in [4.78, 5) is 29.2. The number of carbonyl (C=O) groups is 2. The van der Waals surface area contributed by atoms with Gasteiger partial charge in [-0.25, -0.2) is 9.78 Å². The molecular formula is C14H21N3O3. The summed E-state index contributed by atoms with van der Waals surface area (Å²) >= 11 is 0. The van der Waals surface area contributed by atoms with Crippen molar-refractivity contribution in [1.82, 2.24) is 14.5 Å². The maximum absolute atomic E-state index is 12.3. The Hall–Kier alpha value is -1.85. The van der Waals surface area contributed by atoms with Crippen LogP contribution in [-0.2, 0) is 16.1 Å². The Labute approximate surface area is 118 Å². The lowest BCUT2D eigenvalue weighted by molar-refractivity contribution is -0.161. The van der Waals surface area contributed by atoms with Gasteiger partial charge < -0.3 is 14.6 Å². The van der Waals surface area contributed by atoms with Crippen LogP contribution >= 0.6 is 0 Å². The van der Waals surface area contributed by atoms with E-state index in [1.807, 2.05) is 10.8 Å². The minimum atomic E-state index is -1.04. The number of hydrogen-bond acceptors (Lipinski definition) is 3. The molecule has 1 aromatic heterocycles. The highest BCUT2D eigenvalue weighted by atomic mass is 16.4. The van der Waals surface area contributed by atoms with Crippen LogP contribution in [0.25, 0.3) is 0 Å². The summed E-state index contributed by atoms with van der Waals surface area (Å²) in [5.74, 6) is -0.963. The summed E-state index contributed by atoms with van der Waals surface area (Å²) in [7, 11) is 0. The van der Waals surface area contributed by atoms with Crippen LogP contribution in [0.3, 0.4) is 0 Å². The van der Waals surface area contributed by atoms with Gasteiger partial charge in [0.15, 0.2) is 0 Å². The summed E-state index contributed by atoms with van der Waals surface area (Å²) in [6.07, 6.45) is 8.63. The number of rotatable bonds is 5. The van der Waals surface area contributed by atoms with Crippen LogP contribution in [0, 0.1) is 0 Å². The molecule has 6 nitrogen and oxygen atoms in total. The summed E-state index contributed by atoms with van der Waals surface area (Å²) in [5.41, 5.74) is -1.04. The maximum atomic E-state index is 12.3. The van der Waals surface area contributed by atoms with Gasteiger partial charge in [-0.2, -0.15) is 0 Å². The van der Waals surface area contributed by atoms with Crippen molar-refractivity contribution in [3.05, 3.63) is 18.7 Å². The van der Waals surface area contributed by atoms with Gasteiger partial charge in [-0.15, -0.1) is 0 Å². The van der Waals surface area contributed by atoms with E-state index in [-0.39, 0.29) is 5.91 Å². The summed E-state index contributed by atoms with van der Waals surface area (Å²) in [6, 6.07) is 0. The van der Waals surface area contributed by atoms with E-state index < -0.39 is 11.5 Å². The van der Waals surface area contributed by atoms with Crippen molar-refractivity contribution in [3.63, 3.8) is 0 Å². The van der Waals surface area contributed by atoms with Crippen LogP contribution < -0.4 is 0 Å². The standard InChI is InChI=1S/C14H21N3O3/c1-14(13(19)20)6-2-3-9-17(14)12(18)5-4-8-16-10-7-15-11-16/h7,10-11H,2-6,8-9H2,1H3,(H,19,20)/t14-/m1/s1. The Morgan fingerprint density at radius 1 is 1.40 bits per heavy atom. The van der Waals surface area contributed by atoms with Gasteiger partial charge in [-0.1, -0.05) is 0 Å². The first-order valence-electron chi connectivity index (χ1n) is 7.03. The van der Waals surface area contributed by atoms with Crippen LogP contribution in [0.1, 0.15) is 39.0 Å². The van der Waals surface area contributed by atoms with Crippen LogP contribution in [0.15, 0.2) is 18.7 Å². The fourth-order valence-electron chi connectivity index (χ4n) is 2.71. The van der Waals surface area contributed by atoms with Crippen molar-refractivity contribution in [2.45, 2.75) is 51.1 Å². The Kier molecular flexibility index (Phi) is 4.42. The molecule has 0 bridgehead atoms. The fraction of sp³-hybridized carbons (Fsp3) is 0.643. The molecule has 1 amide bonds. The molecule has 20 heavy (non-hydrogen) atoms. The monoisotopic (exact) mass is 279 g/mol.